The van der Waals surface area contributed by atoms with Crippen molar-refractivity contribution in [2.75, 3.05) is 11.9 Å². The molecule has 6 heteroatoms. The Kier molecular flexibility index (Phi) is 3.17. The zero-order valence-electron chi connectivity index (χ0n) is 14.8. The molecule has 1 aliphatic carbocycles. The largest absolute Gasteiger partial charge is 0.444 e. The van der Waals surface area contributed by atoms with Crippen molar-refractivity contribution in [3.63, 3.8) is 0 Å². The van der Waals surface area contributed by atoms with Gasteiger partial charge in [-0.1, -0.05) is 0 Å². The summed E-state index contributed by atoms with van der Waals surface area (Å²) in [5.41, 5.74) is -0.104. The molecule has 0 aromatic carbocycles. The zero-order valence-corrected chi connectivity index (χ0v) is 11.8. The lowest BCUT2D eigenvalue weighted by Gasteiger charge is -2.33. The van der Waals surface area contributed by atoms with E-state index in [1.54, 1.807) is 20.8 Å². The SMILES string of the molecule is [2H]C1(c2cnc(NC(=O)OC(C)(C)C)nc2)CC(C([2H])([2H])O)C1. The maximum Gasteiger partial charge on any atom is 0.414 e. The molecular weight excluding hydrogens is 258 g/mol. The Balaban J connectivity index is 1.97. The van der Waals surface area contributed by atoms with Gasteiger partial charge in [-0.25, -0.2) is 14.8 Å². The average molecular weight is 282 g/mol. The summed E-state index contributed by atoms with van der Waals surface area (Å²) in [5, 5.41) is 11.7. The third kappa shape index (κ3) is 3.90. The number of anilines is 1. The Hall–Kier alpha value is -1.69. The molecule has 110 valence electrons. The van der Waals surface area contributed by atoms with Gasteiger partial charge in [0.15, 0.2) is 0 Å². The molecule has 0 saturated heterocycles. The number of carbonyl (C=O) groups excluding carboxylic acids is 1. The molecule has 1 fully saturated rings. The summed E-state index contributed by atoms with van der Waals surface area (Å²) in [5.74, 6) is -1.51. The van der Waals surface area contributed by atoms with Gasteiger partial charge in [0.05, 0.1) is 2.74 Å². The molecule has 2 rings (SSSR count). The lowest BCUT2D eigenvalue weighted by Crippen LogP contribution is -2.28. The van der Waals surface area contributed by atoms with E-state index in [1.165, 1.54) is 12.4 Å². The van der Waals surface area contributed by atoms with E-state index in [9.17, 15) is 9.90 Å². The van der Waals surface area contributed by atoms with Gasteiger partial charge >= 0.3 is 6.09 Å². The lowest BCUT2D eigenvalue weighted by atomic mass is 9.72. The number of nitrogens with zero attached hydrogens (tertiary/aromatic N) is 2. The molecule has 0 spiro atoms. The molecule has 0 bridgehead atoms. The Labute approximate surface area is 122 Å². The van der Waals surface area contributed by atoms with E-state index in [0.29, 0.717) is 5.56 Å². The van der Waals surface area contributed by atoms with Gasteiger partial charge in [-0.05, 0) is 51.0 Å². The molecule has 6 nitrogen and oxygen atoms in total. The van der Waals surface area contributed by atoms with Gasteiger partial charge in [0.25, 0.3) is 0 Å². The van der Waals surface area contributed by atoms with Crippen LogP contribution in [0.1, 0.15) is 49.2 Å². The van der Waals surface area contributed by atoms with Crippen LogP contribution in [0.3, 0.4) is 0 Å². The van der Waals surface area contributed by atoms with Crippen molar-refractivity contribution in [1.29, 1.82) is 0 Å². The quantitative estimate of drug-likeness (QED) is 0.888. The van der Waals surface area contributed by atoms with E-state index in [0.717, 1.165) is 0 Å². The number of rotatable bonds is 3. The molecular formula is C14H21N3O3. The van der Waals surface area contributed by atoms with E-state index in [1.807, 2.05) is 0 Å². The number of carbonyl (C=O) groups is 1. The first-order valence-electron chi connectivity index (χ1n) is 7.94. The predicted molar refractivity (Wildman–Crippen MR) is 74.4 cm³/mol. The summed E-state index contributed by atoms with van der Waals surface area (Å²) in [7, 11) is 0. The molecule has 1 saturated carbocycles. The summed E-state index contributed by atoms with van der Waals surface area (Å²) in [6.45, 7) is 2.96. The molecule has 20 heavy (non-hydrogen) atoms. The normalized spacial score (nSPS) is 28.6. The average Bonchev–Trinajstić information content (AvgIpc) is 2.32. The second kappa shape index (κ2) is 5.75. The minimum absolute atomic E-state index is 0.0694. The summed E-state index contributed by atoms with van der Waals surface area (Å²) in [6.07, 6.45) is 2.58. The summed E-state index contributed by atoms with van der Waals surface area (Å²) in [4.78, 5) is 19.6. The van der Waals surface area contributed by atoms with E-state index >= 15 is 0 Å². The fourth-order valence-electron chi connectivity index (χ4n) is 1.83. The lowest BCUT2D eigenvalue weighted by molar-refractivity contribution is 0.0634. The maximum atomic E-state index is 11.6. The van der Waals surface area contributed by atoms with Crippen LogP contribution in [0.25, 0.3) is 0 Å². The van der Waals surface area contributed by atoms with Crippen molar-refractivity contribution in [2.45, 2.75) is 45.1 Å². The van der Waals surface area contributed by atoms with Crippen molar-refractivity contribution in [3.05, 3.63) is 18.0 Å². The van der Waals surface area contributed by atoms with Crippen molar-refractivity contribution in [2.24, 2.45) is 5.92 Å². The molecule has 0 atom stereocenters. The highest BCUT2D eigenvalue weighted by Gasteiger charge is 2.30. The molecule has 2 N–H and O–H groups in total. The van der Waals surface area contributed by atoms with Crippen LogP contribution in [-0.4, -0.2) is 33.3 Å². The molecule has 1 aliphatic rings. The summed E-state index contributed by atoms with van der Waals surface area (Å²) < 4.78 is 27.9. The monoisotopic (exact) mass is 282 g/mol. The summed E-state index contributed by atoms with van der Waals surface area (Å²) >= 11 is 0. The van der Waals surface area contributed by atoms with Gasteiger partial charge in [0.1, 0.15) is 5.60 Å². The molecule has 1 heterocycles. The fraction of sp³-hybridized carbons (Fsp3) is 0.643. The first-order valence-corrected chi connectivity index (χ1v) is 6.44. The van der Waals surface area contributed by atoms with E-state index in [4.69, 9.17) is 8.85 Å². The van der Waals surface area contributed by atoms with Gasteiger partial charge in [-0.15, -0.1) is 0 Å². The van der Waals surface area contributed by atoms with Crippen LogP contribution >= 0.6 is 0 Å². The Morgan fingerprint density at radius 1 is 1.55 bits per heavy atom. The highest BCUT2D eigenvalue weighted by molar-refractivity contribution is 5.82. The fourth-order valence-corrected chi connectivity index (χ4v) is 1.83. The van der Waals surface area contributed by atoms with Gasteiger partial charge < -0.3 is 9.84 Å². The van der Waals surface area contributed by atoms with Crippen molar-refractivity contribution >= 4 is 12.0 Å². The van der Waals surface area contributed by atoms with Crippen LogP contribution in [0.15, 0.2) is 12.4 Å². The summed E-state index contributed by atoms with van der Waals surface area (Å²) in [6, 6.07) is 0. The maximum absolute atomic E-state index is 11.6. The zero-order chi connectivity index (χ0) is 17.5. The molecule has 1 aromatic heterocycles. The van der Waals surface area contributed by atoms with Crippen LogP contribution in [0.2, 0.25) is 0 Å². The van der Waals surface area contributed by atoms with Crippen molar-refractivity contribution in [3.8, 4) is 0 Å². The highest BCUT2D eigenvalue weighted by Crippen LogP contribution is 2.40. The number of hydrogen-bond acceptors (Lipinski definition) is 5. The third-order valence-electron chi connectivity index (χ3n) is 2.84. The third-order valence-corrected chi connectivity index (χ3v) is 2.84. The minimum Gasteiger partial charge on any atom is -0.444 e. The topological polar surface area (TPSA) is 84.3 Å². The number of aliphatic hydroxyl groups is 1. The van der Waals surface area contributed by atoms with Crippen LogP contribution in [-0.2, 0) is 4.74 Å². The first kappa shape index (κ1) is 11.0. The first-order chi connectivity index (χ1) is 10.4. The minimum atomic E-state index is -2.27. The molecule has 0 unspecified atom stereocenters. The second-order valence-electron chi connectivity index (χ2n) is 5.76. The number of ether oxygens (including phenoxy) is 1. The van der Waals surface area contributed by atoms with Gasteiger partial charge in [0.2, 0.25) is 5.95 Å². The Bertz CT molecular complexity index is 576. The molecule has 0 radical (unpaired) electrons. The van der Waals surface area contributed by atoms with E-state index < -0.39 is 30.1 Å². The smallest absolute Gasteiger partial charge is 0.414 e. The molecule has 0 aliphatic heterocycles. The van der Waals surface area contributed by atoms with Gasteiger partial charge in [0, 0.05) is 20.3 Å². The van der Waals surface area contributed by atoms with Crippen LogP contribution in [0.4, 0.5) is 10.7 Å². The van der Waals surface area contributed by atoms with Gasteiger partial charge in [-0.3, -0.25) is 5.32 Å². The Morgan fingerprint density at radius 3 is 2.65 bits per heavy atom. The number of hydrogen-bond donors (Lipinski definition) is 2. The van der Waals surface area contributed by atoms with Crippen LogP contribution < -0.4 is 5.32 Å². The van der Waals surface area contributed by atoms with Crippen LogP contribution in [0.5, 0.6) is 0 Å². The second-order valence-corrected chi connectivity index (χ2v) is 5.76. The van der Waals surface area contributed by atoms with E-state index in [-0.39, 0.29) is 18.8 Å². The number of nitrogens with one attached hydrogen (secondary N) is 1. The van der Waals surface area contributed by atoms with Crippen molar-refractivity contribution in [1.82, 2.24) is 9.97 Å². The number of amides is 1. The van der Waals surface area contributed by atoms with Gasteiger partial charge in [-0.2, -0.15) is 0 Å². The van der Waals surface area contributed by atoms with E-state index in [2.05, 4.69) is 15.3 Å². The van der Waals surface area contributed by atoms with Crippen LogP contribution in [0, 0.1) is 5.92 Å². The predicted octanol–water partition coefficient (Wildman–Crippen LogP) is 2.31. The number of aromatic nitrogens is 2. The standard InChI is InChI=1S/C14H21N3O3/c1-14(2,3)20-13(19)17-12-15-6-11(7-16-12)10-4-9(5-10)8-18/h6-7,9-10,18H,4-5,8H2,1-3H3,(H,15,16,17,19)/i8D2,10D. The highest BCUT2D eigenvalue weighted by atomic mass is 16.6. The van der Waals surface area contributed by atoms with Crippen molar-refractivity contribution < 1.29 is 18.8 Å². The molecule has 1 amide bonds. The Morgan fingerprint density at radius 2 is 2.15 bits per heavy atom. The molecule has 1 aromatic rings.